The molecule has 37 heavy (non-hydrogen) atoms. The summed E-state index contributed by atoms with van der Waals surface area (Å²) in [7, 11) is 0. The molecule has 2 heterocycles. The van der Waals surface area contributed by atoms with Crippen LogP contribution < -0.4 is 21.5 Å². The van der Waals surface area contributed by atoms with Crippen LogP contribution in [-0.2, 0) is 6.54 Å². The van der Waals surface area contributed by atoms with Gasteiger partial charge in [0.15, 0.2) is 0 Å². The Morgan fingerprint density at radius 1 is 0.568 bits per heavy atom. The van der Waals surface area contributed by atoms with E-state index in [0.29, 0.717) is 0 Å². The van der Waals surface area contributed by atoms with Crippen LogP contribution in [0.3, 0.4) is 0 Å². The minimum atomic E-state index is -0.447. The van der Waals surface area contributed by atoms with Gasteiger partial charge in [-0.2, -0.15) is 0 Å². The molecule has 6 aromatic rings. The number of benzene rings is 5. The van der Waals surface area contributed by atoms with Crippen molar-refractivity contribution in [1.29, 1.82) is 0 Å². The number of aromatic amines is 1. The number of rotatable bonds is 5. The van der Waals surface area contributed by atoms with Gasteiger partial charge in [0, 0.05) is 0 Å². The van der Waals surface area contributed by atoms with Gasteiger partial charge in [-0.25, -0.2) is 0 Å². The summed E-state index contributed by atoms with van der Waals surface area (Å²) in [5, 5.41) is 2.53. The van der Waals surface area contributed by atoms with Crippen molar-refractivity contribution in [3.8, 4) is 11.1 Å². The van der Waals surface area contributed by atoms with Crippen molar-refractivity contribution >= 4 is 31.4 Å². The van der Waals surface area contributed by atoms with E-state index in [1.807, 2.05) is 0 Å². The first kappa shape index (κ1) is 22.2. The van der Waals surface area contributed by atoms with Gasteiger partial charge in [-0.05, 0) is 0 Å². The number of nitrogens with zero attached hydrogens (tertiary/aromatic N) is 2. The molecule has 3 nitrogen and oxygen atoms in total. The fourth-order valence-electron chi connectivity index (χ4n) is 4.91. The van der Waals surface area contributed by atoms with Crippen LogP contribution in [0.1, 0.15) is 16.7 Å². The van der Waals surface area contributed by atoms with Crippen LogP contribution in [-0.4, -0.2) is 17.3 Å². The first-order chi connectivity index (χ1) is 18.3. The minimum absolute atomic E-state index is 0.447. The summed E-state index contributed by atoms with van der Waals surface area (Å²) in [6, 6.07) is 45.4. The van der Waals surface area contributed by atoms with Crippen LogP contribution in [0.5, 0.6) is 0 Å². The Balaban J connectivity index is 1.26. The van der Waals surface area contributed by atoms with E-state index in [9.17, 15) is 0 Å². The van der Waals surface area contributed by atoms with Crippen LogP contribution in [0.15, 0.2) is 132 Å². The van der Waals surface area contributed by atoms with E-state index in [1.165, 1.54) is 53.3 Å². The van der Waals surface area contributed by atoms with Gasteiger partial charge in [-0.3, -0.25) is 0 Å². The van der Waals surface area contributed by atoms with Crippen molar-refractivity contribution in [2.45, 2.75) is 6.54 Å². The molecule has 5 aromatic carbocycles. The second-order valence-corrected chi connectivity index (χ2v) is 11.9. The third-order valence-electron chi connectivity index (χ3n) is 6.75. The molecule has 0 radical (unpaired) electrons. The predicted octanol–water partition coefficient (Wildman–Crippen LogP) is 4.41. The number of hydrogen-bond donors (Lipinski definition) is 1. The maximum absolute atomic E-state index is 5.23. The summed E-state index contributed by atoms with van der Waals surface area (Å²) in [4.78, 5) is 8.76. The van der Waals surface area contributed by atoms with Crippen LogP contribution in [0, 0.1) is 0 Å². The van der Waals surface area contributed by atoms with Gasteiger partial charge in [0.1, 0.15) is 0 Å². The third kappa shape index (κ3) is 4.27. The van der Waals surface area contributed by atoms with E-state index in [2.05, 4.69) is 135 Å². The quantitative estimate of drug-likeness (QED) is 0.228. The normalized spacial score (nSPS) is 13.7. The molecule has 1 N–H and O–H groups in total. The standard InChI is InChI=1S/C33H24IN3/c1-3-10-23(11-4-1)22-37-33(24-12-5-2-6-13-24)36-32(34-37)27-15-9-14-25(20-27)26-18-19-31-29(21-26)28-16-7-8-17-30(28)35-31/h1-21,35H,22H2. The number of aromatic nitrogens is 1. The average Bonchev–Trinajstić information content (AvgIpc) is 3.55. The van der Waals surface area contributed by atoms with Crippen LogP contribution in [0.4, 0.5) is 0 Å². The molecule has 4 heteroatoms. The molecule has 178 valence electrons. The second kappa shape index (κ2) is 9.45. The van der Waals surface area contributed by atoms with E-state index in [-0.39, 0.29) is 0 Å². The van der Waals surface area contributed by atoms with Crippen molar-refractivity contribution in [3.63, 3.8) is 0 Å². The summed E-state index contributed by atoms with van der Waals surface area (Å²) < 4.78 is 3.70. The van der Waals surface area contributed by atoms with Gasteiger partial charge in [0.25, 0.3) is 0 Å². The summed E-state index contributed by atoms with van der Waals surface area (Å²) >= 11 is -0.447. The summed E-state index contributed by atoms with van der Waals surface area (Å²) in [6.07, 6.45) is 0. The Morgan fingerprint density at radius 2 is 1.24 bits per heavy atom. The maximum atomic E-state index is 5.23. The first-order valence-corrected chi connectivity index (χ1v) is 14.5. The zero-order valence-electron chi connectivity index (χ0n) is 20.1. The number of amidine groups is 1. The van der Waals surface area contributed by atoms with Crippen LogP contribution in [0.25, 0.3) is 32.9 Å². The van der Waals surface area contributed by atoms with Crippen LogP contribution in [0.2, 0.25) is 0 Å². The van der Waals surface area contributed by atoms with Gasteiger partial charge in [-0.15, -0.1) is 0 Å². The Bertz CT molecular complexity index is 1820. The Labute approximate surface area is 226 Å². The number of aliphatic imine (C=N–C) groups is 1. The van der Waals surface area contributed by atoms with Gasteiger partial charge in [0.2, 0.25) is 0 Å². The number of halogens is 1. The monoisotopic (exact) mass is 589 g/mol. The Hall–Kier alpha value is -4.03. The molecule has 0 amide bonds. The predicted molar refractivity (Wildman–Crippen MR) is 149 cm³/mol. The number of nitrogens with one attached hydrogen (secondary N) is 1. The van der Waals surface area contributed by atoms with Gasteiger partial charge in [0.05, 0.1) is 0 Å². The molecule has 0 saturated heterocycles. The molecule has 1 aliphatic heterocycles. The molecule has 0 aliphatic carbocycles. The zero-order chi connectivity index (χ0) is 24.6. The van der Waals surface area contributed by atoms with Crippen molar-refractivity contribution in [2.24, 2.45) is 4.99 Å². The first-order valence-electron chi connectivity index (χ1n) is 12.4. The number of para-hydroxylation sites is 1. The van der Waals surface area contributed by atoms with Crippen LogP contribution >= 0.6 is 0 Å². The molecule has 0 unspecified atom stereocenters. The van der Waals surface area contributed by atoms with Crippen molar-refractivity contribution in [2.75, 3.05) is 0 Å². The summed E-state index contributed by atoms with van der Waals surface area (Å²) in [5.41, 5.74) is 8.50. The fraction of sp³-hybridized carbons (Fsp3) is 0.0303. The molecule has 1 aliphatic rings. The van der Waals surface area contributed by atoms with Crippen molar-refractivity contribution < 1.29 is 24.3 Å². The van der Waals surface area contributed by atoms with E-state index in [1.54, 1.807) is 0 Å². The van der Waals surface area contributed by atoms with E-state index in [4.69, 9.17) is 4.99 Å². The number of fused-ring (bicyclic) bond motifs is 3. The molecule has 0 atom stereocenters. The number of H-pyrrole nitrogens is 1. The summed E-state index contributed by atoms with van der Waals surface area (Å²) in [5.74, 6) is 1.08. The van der Waals surface area contributed by atoms with E-state index < -0.39 is 21.5 Å². The zero-order valence-corrected chi connectivity index (χ0v) is 22.3. The van der Waals surface area contributed by atoms with E-state index >= 15 is 0 Å². The van der Waals surface area contributed by atoms with Crippen molar-refractivity contribution in [1.82, 2.24) is 4.98 Å². The SMILES string of the molecule is c1ccc(C[N+]2=C(c3ccccc3)N=C(c3cccc(-c4ccc5[nH]c6ccccc6c5c4)c3)[I-]2)cc1. The molecular weight excluding hydrogens is 565 g/mol. The fourth-order valence-corrected chi connectivity index (χ4v) is 7.59. The topological polar surface area (TPSA) is 31.2 Å². The molecule has 0 saturated carbocycles. The molecule has 0 bridgehead atoms. The van der Waals surface area contributed by atoms with E-state index in [0.717, 1.165) is 12.4 Å². The second-order valence-electron chi connectivity index (χ2n) is 9.19. The molecular formula is C33H24IN3. The molecule has 0 fully saturated rings. The van der Waals surface area contributed by atoms with Gasteiger partial charge in [-0.1, -0.05) is 0 Å². The third-order valence-corrected chi connectivity index (χ3v) is 9.45. The van der Waals surface area contributed by atoms with Gasteiger partial charge >= 0.3 is 227 Å². The summed E-state index contributed by atoms with van der Waals surface area (Å²) in [6.45, 7) is 0.877. The average molecular weight is 589 g/mol. The van der Waals surface area contributed by atoms with Gasteiger partial charge < -0.3 is 0 Å². The Kier molecular flexibility index (Phi) is 5.67. The number of hydrogen-bond acceptors (Lipinski definition) is 1. The Morgan fingerprint density at radius 3 is 2.11 bits per heavy atom. The molecule has 1 aromatic heterocycles. The van der Waals surface area contributed by atoms with Crippen molar-refractivity contribution in [3.05, 3.63) is 144 Å². The molecule has 0 spiro atoms. The molecule has 7 rings (SSSR count).